The second-order valence-electron chi connectivity index (χ2n) is 4.15. The quantitative estimate of drug-likeness (QED) is 0.845. The Balaban J connectivity index is 1.82. The lowest BCUT2D eigenvalue weighted by atomic mass is 10.2. The van der Waals surface area contributed by atoms with Gasteiger partial charge in [0.2, 0.25) is 0 Å². The molecule has 1 N–H and O–H groups in total. The molecule has 2 rings (SSSR count). The van der Waals surface area contributed by atoms with E-state index in [-0.39, 0.29) is 16.7 Å². The highest BCUT2D eigenvalue weighted by molar-refractivity contribution is 8.00. The SMILES string of the molecule is FC(F)(F)Sc1ccc(CNCc2ccncc2)cc1. The molecule has 1 aromatic carbocycles. The summed E-state index contributed by atoms with van der Waals surface area (Å²) in [7, 11) is 0. The summed E-state index contributed by atoms with van der Waals surface area (Å²) in [6.45, 7) is 1.31. The molecule has 0 aliphatic rings. The summed E-state index contributed by atoms with van der Waals surface area (Å²) in [5, 5.41) is 3.23. The highest BCUT2D eigenvalue weighted by Crippen LogP contribution is 2.36. The highest BCUT2D eigenvalue weighted by atomic mass is 32.2. The molecule has 0 bridgehead atoms. The van der Waals surface area contributed by atoms with Gasteiger partial charge in [0, 0.05) is 30.4 Å². The van der Waals surface area contributed by atoms with Gasteiger partial charge in [-0.15, -0.1) is 0 Å². The molecule has 2 nitrogen and oxygen atoms in total. The first-order valence-corrected chi connectivity index (χ1v) is 6.79. The zero-order valence-electron chi connectivity index (χ0n) is 10.5. The second kappa shape index (κ2) is 6.76. The number of hydrogen-bond acceptors (Lipinski definition) is 3. The summed E-state index contributed by atoms with van der Waals surface area (Å²) in [5.41, 5.74) is -2.17. The van der Waals surface area contributed by atoms with Gasteiger partial charge in [0.1, 0.15) is 0 Å². The Labute approximate surface area is 119 Å². The third-order valence-electron chi connectivity index (χ3n) is 2.56. The molecular formula is C14H13F3N2S. The first kappa shape index (κ1) is 14.9. The van der Waals surface area contributed by atoms with Crippen LogP contribution in [0.5, 0.6) is 0 Å². The van der Waals surface area contributed by atoms with Gasteiger partial charge in [0.05, 0.1) is 0 Å². The fourth-order valence-electron chi connectivity index (χ4n) is 1.66. The summed E-state index contributed by atoms with van der Waals surface area (Å²) in [6, 6.07) is 10.2. The Bertz CT molecular complexity index is 526. The molecule has 0 radical (unpaired) electrons. The van der Waals surface area contributed by atoms with E-state index in [4.69, 9.17) is 0 Å². The van der Waals surface area contributed by atoms with E-state index in [0.717, 1.165) is 11.1 Å². The highest BCUT2D eigenvalue weighted by Gasteiger charge is 2.28. The predicted molar refractivity (Wildman–Crippen MR) is 73.1 cm³/mol. The van der Waals surface area contributed by atoms with Crippen molar-refractivity contribution >= 4 is 11.8 Å². The van der Waals surface area contributed by atoms with Crippen LogP contribution in [0.15, 0.2) is 53.7 Å². The maximum atomic E-state index is 12.2. The number of aromatic nitrogens is 1. The minimum absolute atomic E-state index is 0.0972. The first-order chi connectivity index (χ1) is 9.53. The average Bonchev–Trinajstić information content (AvgIpc) is 2.40. The molecular weight excluding hydrogens is 285 g/mol. The fourth-order valence-corrected chi connectivity index (χ4v) is 2.20. The largest absolute Gasteiger partial charge is 0.446 e. The standard InChI is InChI=1S/C14H13F3N2S/c15-14(16,17)20-13-3-1-11(2-4-13)9-19-10-12-5-7-18-8-6-12/h1-8,19H,9-10H2. The molecule has 0 saturated carbocycles. The molecule has 1 aromatic heterocycles. The van der Waals surface area contributed by atoms with Crippen LogP contribution in [0.3, 0.4) is 0 Å². The number of benzene rings is 1. The Morgan fingerprint density at radius 3 is 2.00 bits per heavy atom. The van der Waals surface area contributed by atoms with Crippen LogP contribution in [0.1, 0.15) is 11.1 Å². The van der Waals surface area contributed by atoms with Crippen molar-refractivity contribution in [2.45, 2.75) is 23.5 Å². The maximum Gasteiger partial charge on any atom is 0.446 e. The van der Waals surface area contributed by atoms with Crippen LogP contribution in [0.2, 0.25) is 0 Å². The van der Waals surface area contributed by atoms with E-state index < -0.39 is 5.51 Å². The number of alkyl halides is 3. The van der Waals surface area contributed by atoms with Crippen molar-refractivity contribution in [3.05, 3.63) is 59.9 Å². The number of thioether (sulfide) groups is 1. The number of pyridine rings is 1. The predicted octanol–water partition coefficient (Wildman–Crippen LogP) is 3.98. The van der Waals surface area contributed by atoms with E-state index >= 15 is 0 Å². The average molecular weight is 298 g/mol. The zero-order chi connectivity index (χ0) is 14.4. The van der Waals surface area contributed by atoms with Crippen LogP contribution < -0.4 is 5.32 Å². The zero-order valence-corrected chi connectivity index (χ0v) is 11.3. The van der Waals surface area contributed by atoms with E-state index in [2.05, 4.69) is 10.3 Å². The molecule has 0 amide bonds. The molecule has 0 saturated heterocycles. The molecule has 2 aromatic rings. The minimum atomic E-state index is -4.24. The lowest BCUT2D eigenvalue weighted by Crippen LogP contribution is -2.12. The molecule has 20 heavy (non-hydrogen) atoms. The van der Waals surface area contributed by atoms with Crippen LogP contribution in [0, 0.1) is 0 Å². The number of halogens is 3. The van der Waals surface area contributed by atoms with E-state index in [0.29, 0.717) is 13.1 Å². The monoisotopic (exact) mass is 298 g/mol. The number of nitrogens with one attached hydrogen (secondary N) is 1. The third-order valence-corrected chi connectivity index (χ3v) is 3.30. The first-order valence-electron chi connectivity index (χ1n) is 5.97. The number of nitrogens with zero attached hydrogens (tertiary/aromatic N) is 1. The van der Waals surface area contributed by atoms with Crippen molar-refractivity contribution in [1.29, 1.82) is 0 Å². The van der Waals surface area contributed by atoms with Crippen LogP contribution in [-0.2, 0) is 13.1 Å². The van der Waals surface area contributed by atoms with Gasteiger partial charge in [-0.05, 0) is 47.2 Å². The van der Waals surface area contributed by atoms with Crippen LogP contribution in [0.25, 0.3) is 0 Å². The van der Waals surface area contributed by atoms with Crippen LogP contribution in [0.4, 0.5) is 13.2 Å². The molecule has 0 spiro atoms. The smallest absolute Gasteiger partial charge is 0.309 e. The van der Waals surface area contributed by atoms with Gasteiger partial charge in [0.25, 0.3) is 0 Å². The molecule has 106 valence electrons. The van der Waals surface area contributed by atoms with Gasteiger partial charge in [-0.2, -0.15) is 13.2 Å². The van der Waals surface area contributed by atoms with Gasteiger partial charge < -0.3 is 5.32 Å². The molecule has 0 aliphatic carbocycles. The summed E-state index contributed by atoms with van der Waals surface area (Å²) in [6.07, 6.45) is 3.44. The lowest BCUT2D eigenvalue weighted by Gasteiger charge is -2.07. The van der Waals surface area contributed by atoms with E-state index in [9.17, 15) is 13.2 Å². The van der Waals surface area contributed by atoms with Crippen LogP contribution in [-0.4, -0.2) is 10.5 Å². The summed E-state index contributed by atoms with van der Waals surface area (Å²) >= 11 is -0.0972. The topological polar surface area (TPSA) is 24.9 Å². The van der Waals surface area contributed by atoms with Crippen molar-refractivity contribution in [2.75, 3.05) is 0 Å². The summed E-state index contributed by atoms with van der Waals surface area (Å²) in [4.78, 5) is 4.13. The summed E-state index contributed by atoms with van der Waals surface area (Å²) < 4.78 is 36.5. The fraction of sp³-hybridized carbons (Fsp3) is 0.214. The Kier molecular flexibility index (Phi) is 5.03. The number of hydrogen-bond donors (Lipinski definition) is 1. The molecule has 0 aliphatic heterocycles. The van der Waals surface area contributed by atoms with Crippen molar-refractivity contribution in [1.82, 2.24) is 10.3 Å². The minimum Gasteiger partial charge on any atom is -0.309 e. The van der Waals surface area contributed by atoms with Gasteiger partial charge in [0.15, 0.2) is 0 Å². The Morgan fingerprint density at radius 2 is 1.45 bits per heavy atom. The van der Waals surface area contributed by atoms with Crippen molar-refractivity contribution in [3.8, 4) is 0 Å². The molecule has 6 heteroatoms. The van der Waals surface area contributed by atoms with Crippen molar-refractivity contribution in [2.24, 2.45) is 0 Å². The normalized spacial score (nSPS) is 11.6. The van der Waals surface area contributed by atoms with Gasteiger partial charge >= 0.3 is 5.51 Å². The number of rotatable bonds is 5. The van der Waals surface area contributed by atoms with Crippen molar-refractivity contribution in [3.63, 3.8) is 0 Å². The third kappa shape index (κ3) is 5.22. The van der Waals surface area contributed by atoms with Gasteiger partial charge in [-0.1, -0.05) is 12.1 Å². The van der Waals surface area contributed by atoms with E-state index in [1.54, 1.807) is 24.5 Å². The maximum absolute atomic E-state index is 12.2. The molecule has 1 heterocycles. The molecule has 0 unspecified atom stereocenters. The second-order valence-corrected chi connectivity index (χ2v) is 5.29. The Morgan fingerprint density at radius 1 is 0.900 bits per heavy atom. The lowest BCUT2D eigenvalue weighted by molar-refractivity contribution is -0.0328. The van der Waals surface area contributed by atoms with E-state index in [1.807, 2.05) is 12.1 Å². The van der Waals surface area contributed by atoms with Crippen molar-refractivity contribution < 1.29 is 13.2 Å². The van der Waals surface area contributed by atoms with E-state index in [1.165, 1.54) is 12.1 Å². The summed E-state index contributed by atoms with van der Waals surface area (Å²) in [5.74, 6) is 0. The molecule has 0 fully saturated rings. The molecule has 0 atom stereocenters. The van der Waals surface area contributed by atoms with Gasteiger partial charge in [-0.25, -0.2) is 0 Å². The van der Waals surface area contributed by atoms with Gasteiger partial charge in [-0.3, -0.25) is 4.98 Å². The Hall–Kier alpha value is -1.53. The van der Waals surface area contributed by atoms with Crippen LogP contribution >= 0.6 is 11.8 Å².